The highest BCUT2D eigenvalue weighted by atomic mass is 32.1. The topological polar surface area (TPSA) is 42.0 Å². The number of nitrogens with zero attached hydrogens (tertiary/aromatic N) is 1. The summed E-state index contributed by atoms with van der Waals surface area (Å²) in [5.41, 5.74) is 5.14. The first-order valence-electron chi connectivity index (χ1n) is 7.49. The first kappa shape index (κ1) is 15.4. The van der Waals surface area contributed by atoms with Crippen LogP contribution in [0.4, 0.5) is 5.69 Å². The number of hydrogen-bond donors (Lipinski definition) is 1. The average Bonchev–Trinajstić information content (AvgIpc) is 2.98. The Kier molecular flexibility index (Phi) is 4.53. The maximum Gasteiger partial charge on any atom is 0.231 e. The molecule has 0 bridgehead atoms. The molecule has 0 aliphatic carbocycles. The number of carbonyl (C=O) groups excluding carboxylic acids is 1. The summed E-state index contributed by atoms with van der Waals surface area (Å²) in [6.45, 7) is 4.04. The molecule has 0 radical (unpaired) electrons. The Morgan fingerprint density at radius 2 is 1.83 bits per heavy atom. The molecule has 3 rings (SSSR count). The van der Waals surface area contributed by atoms with Crippen LogP contribution in [0.2, 0.25) is 0 Å². The van der Waals surface area contributed by atoms with Crippen molar-refractivity contribution in [1.29, 1.82) is 0 Å². The first-order chi connectivity index (χ1) is 11.1. The lowest BCUT2D eigenvalue weighted by Crippen LogP contribution is -2.14. The molecular weight excluding hydrogens is 304 g/mol. The summed E-state index contributed by atoms with van der Waals surface area (Å²) in [7, 11) is 0. The molecule has 0 unspecified atom stereocenters. The van der Waals surface area contributed by atoms with Gasteiger partial charge in [-0.05, 0) is 25.5 Å². The normalized spacial score (nSPS) is 10.5. The highest BCUT2D eigenvalue weighted by molar-refractivity contribution is 7.10. The van der Waals surface area contributed by atoms with E-state index in [1.165, 1.54) is 16.9 Å². The van der Waals surface area contributed by atoms with E-state index >= 15 is 0 Å². The predicted molar refractivity (Wildman–Crippen MR) is 95.8 cm³/mol. The zero-order valence-electron chi connectivity index (χ0n) is 13.2. The van der Waals surface area contributed by atoms with Gasteiger partial charge < -0.3 is 5.32 Å². The van der Waals surface area contributed by atoms with Crippen LogP contribution in [0.3, 0.4) is 0 Å². The second-order valence-electron chi connectivity index (χ2n) is 5.53. The smallest absolute Gasteiger partial charge is 0.231 e. The molecule has 3 aromatic rings. The third-order valence-corrected chi connectivity index (χ3v) is 4.48. The van der Waals surface area contributed by atoms with E-state index in [1.54, 1.807) is 0 Å². The van der Waals surface area contributed by atoms with E-state index in [4.69, 9.17) is 0 Å². The Bertz CT molecular complexity index is 821. The Labute approximate surface area is 140 Å². The lowest BCUT2D eigenvalue weighted by molar-refractivity contribution is -0.115. The van der Waals surface area contributed by atoms with Crippen molar-refractivity contribution in [2.45, 2.75) is 20.3 Å². The summed E-state index contributed by atoms with van der Waals surface area (Å²) in [5.74, 6) is -0.0379. The molecule has 116 valence electrons. The van der Waals surface area contributed by atoms with E-state index in [0.717, 1.165) is 27.5 Å². The van der Waals surface area contributed by atoms with Gasteiger partial charge in [0.2, 0.25) is 5.91 Å². The minimum absolute atomic E-state index is 0.0379. The number of nitrogens with one attached hydrogen (secondary N) is 1. The minimum Gasteiger partial charge on any atom is -0.325 e. The lowest BCUT2D eigenvalue weighted by atomic mass is 10.1. The van der Waals surface area contributed by atoms with Crippen molar-refractivity contribution in [3.8, 4) is 11.3 Å². The number of thiazole rings is 1. The van der Waals surface area contributed by atoms with Gasteiger partial charge in [-0.2, -0.15) is 0 Å². The van der Waals surface area contributed by atoms with Gasteiger partial charge in [-0.25, -0.2) is 4.98 Å². The number of anilines is 1. The fourth-order valence-corrected chi connectivity index (χ4v) is 3.10. The number of amides is 1. The molecule has 1 heterocycles. The Morgan fingerprint density at radius 1 is 1.09 bits per heavy atom. The van der Waals surface area contributed by atoms with Gasteiger partial charge in [0, 0.05) is 16.6 Å². The summed E-state index contributed by atoms with van der Waals surface area (Å²) in [6.07, 6.45) is 0.296. The summed E-state index contributed by atoms with van der Waals surface area (Å²) in [6, 6.07) is 16.0. The summed E-state index contributed by atoms with van der Waals surface area (Å²) in [5, 5.41) is 5.77. The average molecular weight is 322 g/mol. The number of rotatable bonds is 4. The molecule has 0 saturated heterocycles. The second-order valence-corrected chi connectivity index (χ2v) is 6.48. The van der Waals surface area contributed by atoms with Crippen LogP contribution < -0.4 is 5.32 Å². The van der Waals surface area contributed by atoms with E-state index in [2.05, 4.69) is 41.5 Å². The van der Waals surface area contributed by atoms with E-state index in [-0.39, 0.29) is 5.91 Å². The van der Waals surface area contributed by atoms with Crippen molar-refractivity contribution in [1.82, 2.24) is 4.98 Å². The third kappa shape index (κ3) is 3.85. The standard InChI is InChI=1S/C19H18N2OS/c1-13-7-9-15(10-8-13)17-12-23-19(21-17)11-18(22)20-16-6-4-3-5-14(16)2/h3-10,12H,11H2,1-2H3,(H,20,22). The van der Waals surface area contributed by atoms with E-state index < -0.39 is 0 Å². The minimum atomic E-state index is -0.0379. The molecule has 2 aromatic carbocycles. The first-order valence-corrected chi connectivity index (χ1v) is 8.37. The SMILES string of the molecule is Cc1ccc(-c2csc(CC(=O)Nc3ccccc3C)n2)cc1. The monoisotopic (exact) mass is 322 g/mol. The van der Waals surface area contributed by atoms with Crippen molar-refractivity contribution < 1.29 is 4.79 Å². The molecule has 0 fully saturated rings. The Balaban J connectivity index is 1.68. The number of para-hydroxylation sites is 1. The van der Waals surface area contributed by atoms with Crippen LogP contribution in [-0.4, -0.2) is 10.9 Å². The fourth-order valence-electron chi connectivity index (χ4n) is 2.29. The summed E-state index contributed by atoms with van der Waals surface area (Å²) in [4.78, 5) is 16.8. The van der Waals surface area contributed by atoms with Crippen molar-refractivity contribution in [2.24, 2.45) is 0 Å². The van der Waals surface area contributed by atoms with Crippen molar-refractivity contribution in [3.05, 3.63) is 70.0 Å². The number of benzene rings is 2. The Morgan fingerprint density at radius 3 is 2.57 bits per heavy atom. The molecular formula is C19H18N2OS. The molecule has 1 amide bonds. The largest absolute Gasteiger partial charge is 0.325 e. The molecule has 0 atom stereocenters. The lowest BCUT2D eigenvalue weighted by Gasteiger charge is -2.06. The molecule has 0 saturated carbocycles. The van der Waals surface area contributed by atoms with Crippen LogP contribution in [0.1, 0.15) is 16.1 Å². The predicted octanol–water partition coefficient (Wildman–Crippen LogP) is 4.61. The van der Waals surface area contributed by atoms with Crippen LogP contribution >= 0.6 is 11.3 Å². The summed E-state index contributed by atoms with van der Waals surface area (Å²) >= 11 is 1.52. The maximum absolute atomic E-state index is 12.2. The zero-order chi connectivity index (χ0) is 16.2. The molecule has 3 nitrogen and oxygen atoms in total. The van der Waals surface area contributed by atoms with Crippen molar-refractivity contribution in [2.75, 3.05) is 5.32 Å². The molecule has 0 aliphatic rings. The highest BCUT2D eigenvalue weighted by Gasteiger charge is 2.10. The zero-order valence-corrected chi connectivity index (χ0v) is 14.0. The molecule has 1 N–H and O–H groups in total. The molecule has 0 spiro atoms. The van der Waals surface area contributed by atoms with Gasteiger partial charge in [-0.1, -0.05) is 48.0 Å². The number of hydrogen-bond acceptors (Lipinski definition) is 3. The maximum atomic E-state index is 12.2. The van der Waals surface area contributed by atoms with Crippen LogP contribution in [0.25, 0.3) is 11.3 Å². The van der Waals surface area contributed by atoms with Gasteiger partial charge in [0.25, 0.3) is 0 Å². The van der Waals surface area contributed by atoms with E-state index in [0.29, 0.717) is 6.42 Å². The van der Waals surface area contributed by atoms with Crippen LogP contribution in [0, 0.1) is 13.8 Å². The molecule has 1 aromatic heterocycles. The van der Waals surface area contributed by atoms with Crippen LogP contribution in [0.15, 0.2) is 53.9 Å². The molecule has 0 aliphatic heterocycles. The highest BCUT2D eigenvalue weighted by Crippen LogP contribution is 2.23. The van der Waals surface area contributed by atoms with E-state index in [1.807, 2.05) is 36.6 Å². The summed E-state index contributed by atoms with van der Waals surface area (Å²) < 4.78 is 0. The number of aryl methyl sites for hydroxylation is 2. The Hall–Kier alpha value is -2.46. The number of carbonyl (C=O) groups is 1. The van der Waals surface area contributed by atoms with Gasteiger partial charge in [-0.15, -0.1) is 11.3 Å². The van der Waals surface area contributed by atoms with Gasteiger partial charge in [0.1, 0.15) is 5.01 Å². The van der Waals surface area contributed by atoms with Gasteiger partial charge in [0.05, 0.1) is 12.1 Å². The van der Waals surface area contributed by atoms with Crippen LogP contribution in [0.5, 0.6) is 0 Å². The van der Waals surface area contributed by atoms with Crippen molar-refractivity contribution >= 4 is 22.9 Å². The van der Waals surface area contributed by atoms with Gasteiger partial charge >= 0.3 is 0 Å². The van der Waals surface area contributed by atoms with Gasteiger partial charge in [-0.3, -0.25) is 4.79 Å². The quantitative estimate of drug-likeness (QED) is 0.762. The molecule has 23 heavy (non-hydrogen) atoms. The third-order valence-electron chi connectivity index (χ3n) is 3.63. The second kappa shape index (κ2) is 6.75. The fraction of sp³-hybridized carbons (Fsp3) is 0.158. The number of aromatic nitrogens is 1. The van der Waals surface area contributed by atoms with Crippen LogP contribution in [-0.2, 0) is 11.2 Å². The van der Waals surface area contributed by atoms with Gasteiger partial charge in [0.15, 0.2) is 0 Å². The van der Waals surface area contributed by atoms with E-state index in [9.17, 15) is 4.79 Å². The van der Waals surface area contributed by atoms with Crippen molar-refractivity contribution in [3.63, 3.8) is 0 Å². The molecule has 4 heteroatoms.